The zero-order chi connectivity index (χ0) is 14.4. The van der Waals surface area contributed by atoms with E-state index in [1.165, 1.54) is 15.6 Å². The van der Waals surface area contributed by atoms with Crippen LogP contribution >= 0.6 is 11.3 Å². The largest absolute Gasteiger partial charge is 0.379 e. The zero-order valence-electron chi connectivity index (χ0n) is 11.0. The minimum absolute atomic E-state index is 0.272. The Morgan fingerprint density at radius 2 is 2.15 bits per heavy atom. The number of ether oxygens (including phenoxy) is 1. The first-order valence-corrected chi connectivity index (χ1v) is 8.47. The van der Waals surface area contributed by atoms with Gasteiger partial charge in [-0.05, 0) is 12.1 Å². The standard InChI is InChI=1S/C12H17N3O3S2/c13-5-1-2-11-3-4-12(19-11)10-14-20(16,17)15-6-8-18-9-7-15/h3-4,14H,5-10,13H2. The van der Waals surface area contributed by atoms with Gasteiger partial charge in [0.2, 0.25) is 0 Å². The van der Waals surface area contributed by atoms with Gasteiger partial charge in [0.05, 0.1) is 24.6 Å². The monoisotopic (exact) mass is 315 g/mol. The van der Waals surface area contributed by atoms with Gasteiger partial charge >= 0.3 is 0 Å². The number of rotatable bonds is 4. The number of nitrogens with one attached hydrogen (secondary N) is 1. The Balaban J connectivity index is 1.92. The van der Waals surface area contributed by atoms with Crippen molar-refractivity contribution >= 4 is 21.5 Å². The molecule has 2 heterocycles. The van der Waals surface area contributed by atoms with Crippen LogP contribution in [0.1, 0.15) is 9.75 Å². The summed E-state index contributed by atoms with van der Waals surface area (Å²) in [4.78, 5) is 1.80. The minimum atomic E-state index is -3.44. The van der Waals surface area contributed by atoms with Crippen molar-refractivity contribution < 1.29 is 13.2 Å². The molecule has 0 amide bonds. The maximum atomic E-state index is 12.1. The number of thiophene rings is 1. The summed E-state index contributed by atoms with van der Waals surface area (Å²) in [5.74, 6) is 5.69. The van der Waals surface area contributed by atoms with Crippen molar-refractivity contribution in [2.24, 2.45) is 5.73 Å². The first kappa shape index (κ1) is 15.4. The number of morpholine rings is 1. The highest BCUT2D eigenvalue weighted by molar-refractivity contribution is 7.87. The Morgan fingerprint density at radius 3 is 2.85 bits per heavy atom. The SMILES string of the molecule is NCC#Cc1ccc(CNS(=O)(=O)N2CCOCC2)s1. The maximum Gasteiger partial charge on any atom is 0.279 e. The van der Waals surface area contributed by atoms with Crippen LogP contribution in [0.5, 0.6) is 0 Å². The third-order valence-electron chi connectivity index (χ3n) is 2.71. The van der Waals surface area contributed by atoms with Gasteiger partial charge in [0, 0.05) is 24.5 Å². The second-order valence-electron chi connectivity index (χ2n) is 4.11. The lowest BCUT2D eigenvalue weighted by Crippen LogP contribution is -2.46. The lowest BCUT2D eigenvalue weighted by atomic mass is 10.4. The molecule has 0 spiro atoms. The van der Waals surface area contributed by atoms with E-state index in [-0.39, 0.29) is 6.54 Å². The molecule has 110 valence electrons. The Bertz CT molecular complexity index is 595. The van der Waals surface area contributed by atoms with E-state index in [2.05, 4.69) is 16.6 Å². The van der Waals surface area contributed by atoms with Gasteiger partial charge in [-0.1, -0.05) is 11.8 Å². The molecule has 1 fully saturated rings. The molecule has 0 radical (unpaired) electrons. The lowest BCUT2D eigenvalue weighted by molar-refractivity contribution is 0.0725. The first-order chi connectivity index (χ1) is 9.62. The van der Waals surface area contributed by atoms with Gasteiger partial charge in [-0.25, -0.2) is 0 Å². The molecule has 0 aliphatic carbocycles. The molecule has 20 heavy (non-hydrogen) atoms. The summed E-state index contributed by atoms with van der Waals surface area (Å²) in [6, 6.07) is 3.73. The maximum absolute atomic E-state index is 12.1. The van der Waals surface area contributed by atoms with Crippen LogP contribution in [0.25, 0.3) is 0 Å². The molecular weight excluding hydrogens is 298 g/mol. The van der Waals surface area contributed by atoms with Crippen molar-refractivity contribution in [2.45, 2.75) is 6.54 Å². The third-order valence-corrected chi connectivity index (χ3v) is 5.27. The summed E-state index contributed by atoms with van der Waals surface area (Å²) in [6.07, 6.45) is 0. The van der Waals surface area contributed by atoms with Gasteiger partial charge in [-0.2, -0.15) is 17.4 Å². The van der Waals surface area contributed by atoms with Crippen molar-refractivity contribution in [3.8, 4) is 11.8 Å². The van der Waals surface area contributed by atoms with Crippen LogP contribution < -0.4 is 10.5 Å². The molecule has 0 atom stereocenters. The summed E-state index contributed by atoms with van der Waals surface area (Å²) < 4.78 is 33.3. The summed E-state index contributed by atoms with van der Waals surface area (Å²) in [6.45, 7) is 2.27. The highest BCUT2D eigenvalue weighted by atomic mass is 32.2. The van der Waals surface area contributed by atoms with Crippen molar-refractivity contribution in [2.75, 3.05) is 32.8 Å². The van der Waals surface area contributed by atoms with Gasteiger partial charge in [-0.3, -0.25) is 0 Å². The Kier molecular flexibility index (Phi) is 5.54. The van der Waals surface area contributed by atoms with E-state index in [0.29, 0.717) is 32.8 Å². The molecule has 0 bridgehead atoms. The fraction of sp³-hybridized carbons (Fsp3) is 0.500. The van der Waals surface area contributed by atoms with Crippen LogP contribution in [0, 0.1) is 11.8 Å². The van der Waals surface area contributed by atoms with E-state index < -0.39 is 10.2 Å². The van der Waals surface area contributed by atoms with Crippen molar-refractivity contribution in [3.05, 3.63) is 21.9 Å². The van der Waals surface area contributed by atoms with E-state index in [9.17, 15) is 8.42 Å². The summed E-state index contributed by atoms with van der Waals surface area (Å²) in [5, 5.41) is 0. The van der Waals surface area contributed by atoms with Crippen LogP contribution in [-0.4, -0.2) is 45.6 Å². The molecule has 1 aliphatic heterocycles. The Morgan fingerprint density at radius 1 is 1.40 bits per heavy atom. The fourth-order valence-corrected chi connectivity index (χ4v) is 3.78. The lowest BCUT2D eigenvalue weighted by Gasteiger charge is -2.25. The molecule has 8 heteroatoms. The zero-order valence-corrected chi connectivity index (χ0v) is 12.6. The van der Waals surface area contributed by atoms with Gasteiger partial charge in [0.25, 0.3) is 10.2 Å². The average molecular weight is 315 g/mol. The highest BCUT2D eigenvalue weighted by Crippen LogP contribution is 2.15. The summed E-state index contributed by atoms with van der Waals surface area (Å²) in [7, 11) is -3.44. The van der Waals surface area contributed by atoms with E-state index in [1.807, 2.05) is 12.1 Å². The molecule has 0 saturated carbocycles. The van der Waals surface area contributed by atoms with Crippen LogP contribution in [0.15, 0.2) is 12.1 Å². The van der Waals surface area contributed by atoms with E-state index in [4.69, 9.17) is 10.5 Å². The van der Waals surface area contributed by atoms with Crippen LogP contribution in [0.4, 0.5) is 0 Å². The number of hydrogen-bond donors (Lipinski definition) is 2. The average Bonchev–Trinajstić information content (AvgIpc) is 2.92. The first-order valence-electron chi connectivity index (χ1n) is 6.22. The molecule has 1 saturated heterocycles. The molecule has 3 N–H and O–H groups in total. The van der Waals surface area contributed by atoms with Gasteiger partial charge in [0.1, 0.15) is 0 Å². The predicted molar refractivity (Wildman–Crippen MR) is 78.4 cm³/mol. The Labute approximate surface area is 123 Å². The molecule has 1 aromatic rings. The second-order valence-corrected chi connectivity index (χ2v) is 7.03. The van der Waals surface area contributed by atoms with E-state index in [0.717, 1.165) is 9.75 Å². The van der Waals surface area contributed by atoms with Gasteiger partial charge in [0.15, 0.2) is 0 Å². The summed E-state index contributed by atoms with van der Waals surface area (Å²) >= 11 is 1.46. The number of nitrogens with zero attached hydrogens (tertiary/aromatic N) is 1. The molecule has 0 unspecified atom stereocenters. The van der Waals surface area contributed by atoms with Crippen molar-refractivity contribution in [1.29, 1.82) is 0 Å². The molecule has 2 rings (SSSR count). The van der Waals surface area contributed by atoms with Crippen molar-refractivity contribution in [3.63, 3.8) is 0 Å². The number of hydrogen-bond acceptors (Lipinski definition) is 5. The minimum Gasteiger partial charge on any atom is -0.379 e. The topological polar surface area (TPSA) is 84.7 Å². The molecule has 1 aliphatic rings. The fourth-order valence-electron chi connectivity index (χ4n) is 1.72. The molecule has 0 aromatic carbocycles. The Hall–Kier alpha value is -0.950. The molecule has 1 aromatic heterocycles. The number of nitrogens with two attached hydrogens (primary N) is 1. The van der Waals surface area contributed by atoms with Crippen LogP contribution in [-0.2, 0) is 21.5 Å². The van der Waals surface area contributed by atoms with Gasteiger partial charge < -0.3 is 10.5 Å². The molecule has 6 nitrogen and oxygen atoms in total. The quantitative estimate of drug-likeness (QED) is 0.749. The smallest absolute Gasteiger partial charge is 0.279 e. The molecular formula is C12H17N3O3S2. The van der Waals surface area contributed by atoms with Crippen LogP contribution in [0.2, 0.25) is 0 Å². The van der Waals surface area contributed by atoms with Crippen molar-refractivity contribution in [1.82, 2.24) is 9.03 Å². The third kappa shape index (κ3) is 4.28. The second kappa shape index (κ2) is 7.17. The predicted octanol–water partition coefficient (Wildman–Crippen LogP) is -0.275. The highest BCUT2D eigenvalue weighted by Gasteiger charge is 2.23. The van der Waals surface area contributed by atoms with E-state index >= 15 is 0 Å². The van der Waals surface area contributed by atoms with E-state index in [1.54, 1.807) is 0 Å². The summed E-state index contributed by atoms with van der Waals surface area (Å²) in [5.41, 5.74) is 5.31. The van der Waals surface area contributed by atoms with Gasteiger partial charge in [-0.15, -0.1) is 11.3 Å². The van der Waals surface area contributed by atoms with Crippen LogP contribution in [0.3, 0.4) is 0 Å². The normalized spacial score (nSPS) is 16.6.